The molecule has 0 saturated heterocycles. The van der Waals surface area contributed by atoms with Crippen molar-refractivity contribution in [2.45, 2.75) is 0 Å². The van der Waals surface area contributed by atoms with Gasteiger partial charge in [-0.2, -0.15) is 0 Å². The monoisotopic (exact) mass is 382 g/mol. The maximum atomic E-state index is 12.2. The number of hydrogen-bond acceptors (Lipinski definition) is 8. The molecule has 2 rings (SSSR count). The molecule has 0 fully saturated rings. The Morgan fingerprint density at radius 1 is 1.15 bits per heavy atom. The van der Waals surface area contributed by atoms with Crippen molar-refractivity contribution in [3.8, 4) is 0 Å². The van der Waals surface area contributed by atoms with E-state index in [-0.39, 0.29) is 16.8 Å². The Hall–Kier alpha value is -3.47. The molecule has 0 radical (unpaired) electrons. The molecule has 0 bridgehead atoms. The number of methoxy groups -OCH3 is 2. The molecule has 0 aliphatic rings. The number of hydrogen-bond donors (Lipinski definition) is 2. The summed E-state index contributed by atoms with van der Waals surface area (Å²) in [5.74, 6) is -3.04. The summed E-state index contributed by atoms with van der Waals surface area (Å²) in [4.78, 5) is 45.6. The SMILES string of the molecule is COC(=O)c1cc(NC(=O)c2n[nH]c([N+](=O)[O-])c2Cl)cc(C(=O)OC)c1. The fourth-order valence-electron chi connectivity index (χ4n) is 1.95. The first kappa shape index (κ1) is 18.9. The molecule has 1 aromatic carbocycles. The van der Waals surface area contributed by atoms with Crippen molar-refractivity contribution in [1.29, 1.82) is 0 Å². The third-order valence-electron chi connectivity index (χ3n) is 3.12. The molecule has 0 aliphatic heterocycles. The maximum absolute atomic E-state index is 12.2. The number of halogens is 1. The Balaban J connectivity index is 2.38. The summed E-state index contributed by atoms with van der Waals surface area (Å²) in [7, 11) is 2.29. The number of anilines is 1. The van der Waals surface area contributed by atoms with Gasteiger partial charge in [-0.1, -0.05) is 16.7 Å². The second-order valence-electron chi connectivity index (χ2n) is 4.73. The first-order valence-electron chi connectivity index (χ1n) is 6.79. The third kappa shape index (κ3) is 3.78. The summed E-state index contributed by atoms with van der Waals surface area (Å²) in [5.41, 5.74) is -0.448. The van der Waals surface area contributed by atoms with Crippen LogP contribution in [-0.2, 0) is 9.47 Å². The van der Waals surface area contributed by atoms with Gasteiger partial charge in [0.25, 0.3) is 5.91 Å². The minimum atomic E-state index is -0.891. The van der Waals surface area contributed by atoms with Gasteiger partial charge in [-0.05, 0) is 23.1 Å². The molecular formula is C14H11ClN4O7. The second-order valence-corrected chi connectivity index (χ2v) is 5.11. The van der Waals surface area contributed by atoms with E-state index in [4.69, 9.17) is 11.6 Å². The topological polar surface area (TPSA) is 154 Å². The van der Waals surface area contributed by atoms with Crippen molar-refractivity contribution in [1.82, 2.24) is 10.2 Å². The van der Waals surface area contributed by atoms with E-state index in [1.54, 1.807) is 0 Å². The van der Waals surface area contributed by atoms with Gasteiger partial charge in [0.2, 0.25) is 0 Å². The van der Waals surface area contributed by atoms with Crippen LogP contribution in [0.4, 0.5) is 11.5 Å². The van der Waals surface area contributed by atoms with Crippen LogP contribution >= 0.6 is 11.6 Å². The summed E-state index contributed by atoms with van der Waals surface area (Å²) in [6, 6.07) is 3.70. The van der Waals surface area contributed by atoms with Crippen molar-refractivity contribution in [3.05, 3.63) is 50.2 Å². The number of nitrogens with one attached hydrogen (secondary N) is 2. The minimum Gasteiger partial charge on any atom is -0.465 e. The van der Waals surface area contributed by atoms with Gasteiger partial charge in [-0.15, -0.1) is 5.10 Å². The van der Waals surface area contributed by atoms with Crippen LogP contribution < -0.4 is 5.32 Å². The Morgan fingerprint density at radius 2 is 1.69 bits per heavy atom. The van der Waals surface area contributed by atoms with Crippen LogP contribution in [0.1, 0.15) is 31.2 Å². The summed E-state index contributed by atoms with van der Waals surface area (Å²) < 4.78 is 9.16. The van der Waals surface area contributed by atoms with Crippen molar-refractivity contribution in [3.63, 3.8) is 0 Å². The number of nitrogens with zero attached hydrogens (tertiary/aromatic N) is 2. The lowest BCUT2D eigenvalue weighted by molar-refractivity contribution is -0.389. The average Bonchev–Trinajstić information content (AvgIpc) is 3.01. The van der Waals surface area contributed by atoms with Crippen molar-refractivity contribution >= 4 is 41.0 Å². The fraction of sp³-hybridized carbons (Fsp3) is 0.143. The predicted molar refractivity (Wildman–Crippen MR) is 87.3 cm³/mol. The number of nitro groups is 1. The van der Waals surface area contributed by atoms with E-state index in [1.807, 2.05) is 5.10 Å². The number of carbonyl (C=O) groups excluding carboxylic acids is 3. The second kappa shape index (κ2) is 7.61. The van der Waals surface area contributed by atoms with Crippen LogP contribution in [0.2, 0.25) is 5.02 Å². The van der Waals surface area contributed by atoms with Gasteiger partial charge in [0.05, 0.1) is 25.3 Å². The Bertz CT molecular complexity index is 874. The molecule has 12 heteroatoms. The quantitative estimate of drug-likeness (QED) is 0.450. The molecule has 0 saturated carbocycles. The van der Waals surface area contributed by atoms with Gasteiger partial charge in [-0.25, -0.2) is 9.59 Å². The fourth-order valence-corrected chi connectivity index (χ4v) is 2.19. The Morgan fingerprint density at radius 3 is 2.12 bits per heavy atom. The molecule has 26 heavy (non-hydrogen) atoms. The number of aromatic nitrogens is 2. The zero-order chi connectivity index (χ0) is 19.4. The highest BCUT2D eigenvalue weighted by Crippen LogP contribution is 2.26. The first-order valence-corrected chi connectivity index (χ1v) is 7.17. The smallest absolute Gasteiger partial charge is 0.362 e. The molecule has 0 unspecified atom stereocenters. The highest BCUT2D eigenvalue weighted by atomic mass is 35.5. The van der Waals surface area contributed by atoms with E-state index < -0.39 is 39.3 Å². The number of benzene rings is 1. The number of rotatable bonds is 5. The molecule has 2 N–H and O–H groups in total. The zero-order valence-electron chi connectivity index (χ0n) is 13.4. The van der Waals surface area contributed by atoms with Crippen LogP contribution in [-0.4, -0.2) is 47.2 Å². The summed E-state index contributed by atoms with van der Waals surface area (Å²) in [6.07, 6.45) is 0. The summed E-state index contributed by atoms with van der Waals surface area (Å²) in [5, 5.41) is 18.1. The maximum Gasteiger partial charge on any atom is 0.362 e. The number of carbonyl (C=O) groups is 3. The van der Waals surface area contributed by atoms with E-state index >= 15 is 0 Å². The highest BCUT2D eigenvalue weighted by molar-refractivity contribution is 6.35. The van der Waals surface area contributed by atoms with E-state index in [2.05, 4.69) is 19.9 Å². The molecule has 0 aliphatic carbocycles. The molecule has 0 atom stereocenters. The number of H-pyrrole nitrogens is 1. The largest absolute Gasteiger partial charge is 0.465 e. The molecule has 2 aromatic rings. The van der Waals surface area contributed by atoms with E-state index in [0.717, 1.165) is 14.2 Å². The molecule has 11 nitrogen and oxygen atoms in total. The summed E-state index contributed by atoms with van der Waals surface area (Å²) in [6.45, 7) is 0. The normalized spacial score (nSPS) is 10.1. The number of amides is 1. The van der Waals surface area contributed by atoms with Crippen LogP contribution in [0.5, 0.6) is 0 Å². The average molecular weight is 383 g/mol. The number of ether oxygens (including phenoxy) is 2. The van der Waals surface area contributed by atoms with Crippen molar-refractivity contribution in [2.24, 2.45) is 0 Å². The van der Waals surface area contributed by atoms with Crippen LogP contribution in [0.3, 0.4) is 0 Å². The van der Waals surface area contributed by atoms with Gasteiger partial charge in [0, 0.05) is 5.69 Å². The first-order chi connectivity index (χ1) is 12.3. The molecular weight excluding hydrogens is 372 g/mol. The number of esters is 2. The van der Waals surface area contributed by atoms with Crippen LogP contribution in [0, 0.1) is 10.1 Å². The lowest BCUT2D eigenvalue weighted by Crippen LogP contribution is -2.15. The summed E-state index contributed by atoms with van der Waals surface area (Å²) >= 11 is 5.74. The minimum absolute atomic E-state index is 0.0233. The molecule has 1 heterocycles. The Kier molecular flexibility index (Phi) is 5.52. The van der Waals surface area contributed by atoms with Crippen molar-refractivity contribution < 1.29 is 28.8 Å². The zero-order valence-corrected chi connectivity index (χ0v) is 14.1. The van der Waals surface area contributed by atoms with E-state index in [0.29, 0.717) is 0 Å². The molecule has 1 aromatic heterocycles. The van der Waals surface area contributed by atoms with Gasteiger partial charge < -0.3 is 24.9 Å². The predicted octanol–water partition coefficient (Wildman–Crippen LogP) is 1.80. The van der Waals surface area contributed by atoms with Gasteiger partial charge >= 0.3 is 17.8 Å². The number of aromatic amines is 1. The van der Waals surface area contributed by atoms with E-state index in [9.17, 15) is 24.5 Å². The van der Waals surface area contributed by atoms with Crippen LogP contribution in [0.25, 0.3) is 0 Å². The Labute approximate surface area is 150 Å². The van der Waals surface area contributed by atoms with Crippen LogP contribution in [0.15, 0.2) is 18.2 Å². The lowest BCUT2D eigenvalue weighted by Gasteiger charge is -2.08. The third-order valence-corrected chi connectivity index (χ3v) is 3.48. The molecule has 1 amide bonds. The molecule has 0 spiro atoms. The van der Waals surface area contributed by atoms with Gasteiger partial charge in [0.15, 0.2) is 10.7 Å². The van der Waals surface area contributed by atoms with Gasteiger partial charge in [0.1, 0.15) is 0 Å². The van der Waals surface area contributed by atoms with Crippen molar-refractivity contribution in [2.75, 3.05) is 19.5 Å². The van der Waals surface area contributed by atoms with Gasteiger partial charge in [-0.3, -0.25) is 4.79 Å². The van der Waals surface area contributed by atoms with E-state index in [1.165, 1.54) is 18.2 Å². The molecule has 136 valence electrons. The standard InChI is InChI=1S/C14H11ClN4O7/c1-25-13(21)6-3-7(14(22)26-2)5-8(4-6)16-12(20)10-9(15)11(18-17-10)19(23)24/h3-5H,1-2H3,(H,16,20)(H,17,18). The lowest BCUT2D eigenvalue weighted by atomic mass is 10.1. The highest BCUT2D eigenvalue weighted by Gasteiger charge is 2.25.